The summed E-state index contributed by atoms with van der Waals surface area (Å²) in [6.07, 6.45) is 3.98. The van der Waals surface area contributed by atoms with Gasteiger partial charge in [-0.2, -0.15) is 0 Å². The van der Waals surface area contributed by atoms with Crippen LogP contribution in [0.5, 0.6) is 0 Å². The van der Waals surface area contributed by atoms with Gasteiger partial charge >= 0.3 is 0 Å². The Hall–Kier alpha value is -1.32. The molecule has 1 aliphatic heterocycles. The SMILES string of the molecule is OCC1CCCN1c1ccnc2ccc(Cl)cc12. The first-order valence-corrected chi connectivity index (χ1v) is 6.59. The van der Waals surface area contributed by atoms with Crippen LogP contribution in [0.25, 0.3) is 10.9 Å². The summed E-state index contributed by atoms with van der Waals surface area (Å²) in [5, 5.41) is 11.2. The maximum atomic E-state index is 9.44. The van der Waals surface area contributed by atoms with Gasteiger partial charge in [-0.05, 0) is 37.1 Å². The lowest BCUT2D eigenvalue weighted by molar-refractivity contribution is 0.266. The van der Waals surface area contributed by atoms with Crippen molar-refractivity contribution in [3.63, 3.8) is 0 Å². The lowest BCUT2D eigenvalue weighted by Gasteiger charge is -2.26. The molecule has 18 heavy (non-hydrogen) atoms. The molecular formula is C14H15ClN2O. The van der Waals surface area contributed by atoms with Crippen LogP contribution < -0.4 is 4.90 Å². The number of halogens is 1. The van der Waals surface area contributed by atoms with Gasteiger partial charge in [0.15, 0.2) is 0 Å². The summed E-state index contributed by atoms with van der Waals surface area (Å²) in [6, 6.07) is 7.97. The largest absolute Gasteiger partial charge is 0.394 e. The molecular weight excluding hydrogens is 248 g/mol. The van der Waals surface area contributed by atoms with Crippen LogP contribution in [-0.4, -0.2) is 29.3 Å². The second kappa shape index (κ2) is 4.75. The second-order valence-corrected chi connectivity index (χ2v) is 5.10. The van der Waals surface area contributed by atoms with Crippen LogP contribution in [0.1, 0.15) is 12.8 Å². The molecule has 1 fully saturated rings. The van der Waals surface area contributed by atoms with Crippen LogP contribution in [0.2, 0.25) is 5.02 Å². The van der Waals surface area contributed by atoms with Crippen molar-refractivity contribution in [3.05, 3.63) is 35.5 Å². The molecule has 2 aromatic rings. The highest BCUT2D eigenvalue weighted by molar-refractivity contribution is 6.31. The van der Waals surface area contributed by atoms with Crippen LogP contribution in [0.4, 0.5) is 5.69 Å². The zero-order valence-electron chi connectivity index (χ0n) is 10.0. The zero-order valence-corrected chi connectivity index (χ0v) is 10.8. The predicted octanol–water partition coefficient (Wildman–Crippen LogP) is 2.85. The number of fused-ring (bicyclic) bond motifs is 1. The Morgan fingerprint density at radius 3 is 3.11 bits per heavy atom. The van der Waals surface area contributed by atoms with Crippen molar-refractivity contribution in [3.8, 4) is 0 Å². The van der Waals surface area contributed by atoms with E-state index in [0.717, 1.165) is 41.0 Å². The van der Waals surface area contributed by atoms with Gasteiger partial charge in [-0.25, -0.2) is 0 Å². The molecule has 1 aliphatic rings. The van der Waals surface area contributed by atoms with E-state index in [1.165, 1.54) is 0 Å². The van der Waals surface area contributed by atoms with Crippen molar-refractivity contribution >= 4 is 28.2 Å². The van der Waals surface area contributed by atoms with Crippen molar-refractivity contribution in [2.75, 3.05) is 18.1 Å². The summed E-state index contributed by atoms with van der Waals surface area (Å²) < 4.78 is 0. The molecule has 1 saturated heterocycles. The fourth-order valence-electron chi connectivity index (χ4n) is 2.70. The standard InChI is InChI=1S/C14H15ClN2O/c15-10-3-4-13-12(8-10)14(5-6-16-13)17-7-1-2-11(17)9-18/h3-6,8,11,18H,1-2,7,9H2. The van der Waals surface area contributed by atoms with Gasteiger partial charge in [-0.1, -0.05) is 11.6 Å². The Morgan fingerprint density at radius 2 is 2.28 bits per heavy atom. The third kappa shape index (κ3) is 1.93. The molecule has 3 rings (SSSR count). The molecule has 94 valence electrons. The molecule has 1 unspecified atom stereocenters. The lowest BCUT2D eigenvalue weighted by Crippen LogP contribution is -2.32. The number of hydrogen-bond acceptors (Lipinski definition) is 3. The van der Waals surface area contributed by atoms with Crippen LogP contribution in [0, 0.1) is 0 Å². The molecule has 0 bridgehead atoms. The van der Waals surface area contributed by atoms with Crippen molar-refractivity contribution in [2.24, 2.45) is 0 Å². The number of nitrogens with zero attached hydrogens (tertiary/aromatic N) is 2. The number of aromatic nitrogens is 1. The smallest absolute Gasteiger partial charge is 0.0723 e. The fraction of sp³-hybridized carbons (Fsp3) is 0.357. The quantitative estimate of drug-likeness (QED) is 0.904. The maximum Gasteiger partial charge on any atom is 0.0723 e. The van der Waals surface area contributed by atoms with E-state index in [2.05, 4.69) is 9.88 Å². The molecule has 1 N–H and O–H groups in total. The number of rotatable bonds is 2. The zero-order chi connectivity index (χ0) is 12.5. The summed E-state index contributed by atoms with van der Waals surface area (Å²) in [5.41, 5.74) is 2.07. The molecule has 0 saturated carbocycles. The lowest BCUT2D eigenvalue weighted by atomic mass is 10.1. The second-order valence-electron chi connectivity index (χ2n) is 4.66. The van der Waals surface area contributed by atoms with Gasteiger partial charge in [-0.15, -0.1) is 0 Å². The molecule has 2 heterocycles. The highest BCUT2D eigenvalue weighted by Gasteiger charge is 2.25. The van der Waals surface area contributed by atoms with E-state index >= 15 is 0 Å². The van der Waals surface area contributed by atoms with Gasteiger partial charge < -0.3 is 10.0 Å². The normalized spacial score (nSPS) is 19.7. The molecule has 0 aliphatic carbocycles. The Labute approximate surface area is 111 Å². The molecule has 0 radical (unpaired) electrons. The minimum absolute atomic E-state index is 0.199. The first kappa shape index (κ1) is 11.8. The molecule has 0 amide bonds. The van der Waals surface area contributed by atoms with Gasteiger partial charge in [0.25, 0.3) is 0 Å². The number of hydrogen-bond donors (Lipinski definition) is 1. The van der Waals surface area contributed by atoms with Crippen LogP contribution in [0.3, 0.4) is 0 Å². The van der Waals surface area contributed by atoms with Crippen molar-refractivity contribution in [1.29, 1.82) is 0 Å². The first-order valence-electron chi connectivity index (χ1n) is 6.21. The Bertz CT molecular complexity index is 573. The number of anilines is 1. The summed E-state index contributed by atoms with van der Waals surface area (Å²) in [5.74, 6) is 0. The predicted molar refractivity (Wildman–Crippen MR) is 74.2 cm³/mol. The maximum absolute atomic E-state index is 9.44. The molecule has 1 aromatic carbocycles. The summed E-state index contributed by atoms with van der Waals surface area (Å²) in [6.45, 7) is 1.18. The van der Waals surface area contributed by atoms with Crippen LogP contribution in [0.15, 0.2) is 30.5 Å². The monoisotopic (exact) mass is 262 g/mol. The molecule has 1 aromatic heterocycles. The van der Waals surface area contributed by atoms with E-state index in [0.29, 0.717) is 0 Å². The van der Waals surface area contributed by atoms with Gasteiger partial charge in [0.2, 0.25) is 0 Å². The summed E-state index contributed by atoms with van der Waals surface area (Å²) >= 11 is 6.07. The van der Waals surface area contributed by atoms with Crippen molar-refractivity contribution in [1.82, 2.24) is 4.98 Å². The highest BCUT2D eigenvalue weighted by atomic mass is 35.5. The Balaban J connectivity index is 2.13. The van der Waals surface area contributed by atoms with E-state index in [4.69, 9.17) is 11.6 Å². The fourth-order valence-corrected chi connectivity index (χ4v) is 2.87. The van der Waals surface area contributed by atoms with Gasteiger partial charge in [0.1, 0.15) is 0 Å². The van der Waals surface area contributed by atoms with E-state index in [1.807, 2.05) is 30.5 Å². The third-order valence-electron chi connectivity index (χ3n) is 3.58. The van der Waals surface area contributed by atoms with E-state index in [9.17, 15) is 5.11 Å². The van der Waals surface area contributed by atoms with Gasteiger partial charge in [-0.3, -0.25) is 4.98 Å². The number of pyridine rings is 1. The average Bonchev–Trinajstić information content (AvgIpc) is 2.86. The van der Waals surface area contributed by atoms with Crippen molar-refractivity contribution < 1.29 is 5.11 Å². The van der Waals surface area contributed by atoms with E-state index in [-0.39, 0.29) is 12.6 Å². The number of benzene rings is 1. The topological polar surface area (TPSA) is 36.4 Å². The number of aliphatic hydroxyl groups is 1. The van der Waals surface area contributed by atoms with Crippen molar-refractivity contribution in [2.45, 2.75) is 18.9 Å². The summed E-state index contributed by atoms with van der Waals surface area (Å²) in [4.78, 5) is 6.62. The van der Waals surface area contributed by atoms with E-state index in [1.54, 1.807) is 0 Å². The van der Waals surface area contributed by atoms with E-state index < -0.39 is 0 Å². The minimum Gasteiger partial charge on any atom is -0.394 e. The Morgan fingerprint density at radius 1 is 1.39 bits per heavy atom. The van der Waals surface area contributed by atoms with Crippen LogP contribution >= 0.6 is 11.6 Å². The van der Waals surface area contributed by atoms with Gasteiger partial charge in [0.05, 0.1) is 18.2 Å². The Kier molecular flexibility index (Phi) is 3.10. The summed E-state index contributed by atoms with van der Waals surface area (Å²) in [7, 11) is 0. The minimum atomic E-state index is 0.199. The molecule has 1 atom stereocenters. The van der Waals surface area contributed by atoms with Crippen LogP contribution in [-0.2, 0) is 0 Å². The number of aliphatic hydroxyl groups excluding tert-OH is 1. The molecule has 0 spiro atoms. The van der Waals surface area contributed by atoms with Gasteiger partial charge in [0, 0.05) is 28.8 Å². The average molecular weight is 263 g/mol. The highest BCUT2D eigenvalue weighted by Crippen LogP contribution is 2.32. The molecule has 3 nitrogen and oxygen atoms in total. The first-order chi connectivity index (χ1) is 8.79. The third-order valence-corrected chi connectivity index (χ3v) is 3.81. The molecule has 4 heteroatoms.